The Hall–Kier alpha value is -1.08. The highest BCUT2D eigenvalue weighted by molar-refractivity contribution is 7.93. The molecule has 7 heteroatoms. The molecule has 1 aromatic heterocycles. The molecule has 0 unspecified atom stereocenters. The van der Waals surface area contributed by atoms with E-state index in [9.17, 15) is 4.79 Å². The average molecular weight is 164 g/mol. The second-order valence-electron chi connectivity index (χ2n) is 1.49. The summed E-state index contributed by atoms with van der Waals surface area (Å²) in [5.74, 6) is -0.556. The van der Waals surface area contributed by atoms with Crippen LogP contribution >= 0.6 is 12.0 Å². The van der Waals surface area contributed by atoms with Gasteiger partial charge in [-0.25, -0.2) is 4.79 Å². The molecule has 0 fully saturated rings. The zero-order valence-electron chi connectivity index (χ0n) is 4.61. The Morgan fingerprint density at radius 3 is 2.40 bits per heavy atom. The lowest BCUT2D eigenvalue weighted by Gasteiger charge is -1.90. The second-order valence-corrected chi connectivity index (χ2v) is 2.06. The molecule has 0 radical (unpaired) electrons. The zero-order chi connectivity index (χ0) is 7.72. The number of hydrogen-bond donors (Lipinski definition) is 4. The highest BCUT2D eigenvalue weighted by Crippen LogP contribution is 2.20. The molecular weight excluding hydrogens is 160 g/mol. The lowest BCUT2D eigenvalue weighted by Crippen LogP contribution is -2.13. The van der Waals surface area contributed by atoms with Gasteiger partial charge in [-0.2, -0.15) is 0 Å². The molecular formula is C3H4N2O4S. The number of H-pyrrole nitrogens is 1. The van der Waals surface area contributed by atoms with Gasteiger partial charge in [0.2, 0.25) is 10.9 Å². The van der Waals surface area contributed by atoms with Crippen LogP contribution in [0.3, 0.4) is 0 Å². The molecule has 0 saturated carbocycles. The molecule has 1 heterocycles. The molecule has 6 nitrogen and oxygen atoms in total. The molecule has 1 aromatic rings. The summed E-state index contributed by atoms with van der Waals surface area (Å²) in [6.07, 6.45) is 0. The predicted molar refractivity (Wildman–Crippen MR) is 32.4 cm³/mol. The third-order valence-electron chi connectivity index (χ3n) is 0.899. The van der Waals surface area contributed by atoms with E-state index in [0.717, 1.165) is 0 Å². The first kappa shape index (κ1) is 7.03. The first-order valence-corrected chi connectivity index (χ1v) is 2.99. The number of nitrogens with zero attached hydrogens (tertiary/aromatic N) is 1. The van der Waals surface area contributed by atoms with E-state index >= 15 is 0 Å². The summed E-state index contributed by atoms with van der Waals surface area (Å²) in [5, 5.41) is 17.0. The largest absolute Gasteiger partial charge is 0.492 e. The van der Waals surface area contributed by atoms with Gasteiger partial charge in [-0.05, 0) is 0 Å². The van der Waals surface area contributed by atoms with Gasteiger partial charge in [0.15, 0.2) is 0 Å². The Kier molecular flexibility index (Phi) is 1.60. The van der Waals surface area contributed by atoms with Crippen LogP contribution in [0.5, 0.6) is 5.88 Å². The van der Waals surface area contributed by atoms with Crippen molar-refractivity contribution < 1.29 is 14.9 Å². The smallest absolute Gasteiger partial charge is 0.362 e. The van der Waals surface area contributed by atoms with Crippen molar-refractivity contribution in [2.24, 2.45) is 0 Å². The van der Waals surface area contributed by atoms with E-state index in [0.29, 0.717) is 0 Å². The minimum Gasteiger partial charge on any atom is -0.492 e. The van der Waals surface area contributed by atoms with Gasteiger partial charge in [-0.3, -0.25) is 4.98 Å². The number of nitrogens with one attached hydrogen (secondary N) is 1. The number of aromatic nitrogens is 2. The molecule has 0 aliphatic carbocycles. The monoisotopic (exact) mass is 164 g/mol. The van der Waals surface area contributed by atoms with Crippen LogP contribution < -0.4 is 5.69 Å². The van der Waals surface area contributed by atoms with Crippen molar-refractivity contribution in [3.63, 3.8) is 0 Å². The van der Waals surface area contributed by atoms with E-state index in [1.54, 1.807) is 0 Å². The zero-order valence-corrected chi connectivity index (χ0v) is 5.42. The third kappa shape index (κ3) is 0.847. The van der Waals surface area contributed by atoms with E-state index in [1.165, 1.54) is 0 Å². The van der Waals surface area contributed by atoms with Crippen LogP contribution in [0.25, 0.3) is 0 Å². The first-order valence-electron chi connectivity index (χ1n) is 2.21. The van der Waals surface area contributed by atoms with Crippen molar-refractivity contribution >= 4 is 12.0 Å². The summed E-state index contributed by atoms with van der Waals surface area (Å²) in [6.45, 7) is 0. The van der Waals surface area contributed by atoms with Crippen LogP contribution in [0.1, 0.15) is 0 Å². The van der Waals surface area contributed by atoms with Crippen molar-refractivity contribution in [2.45, 2.75) is 5.03 Å². The van der Waals surface area contributed by atoms with Crippen molar-refractivity contribution in [1.29, 1.82) is 0 Å². The molecule has 0 amide bonds. The van der Waals surface area contributed by atoms with Gasteiger partial charge in [0, 0.05) is 0 Å². The minimum absolute atomic E-state index is 0.0746. The fourth-order valence-electron chi connectivity index (χ4n) is 0.482. The predicted octanol–water partition coefficient (Wildman–Crippen LogP) is -0.316. The molecule has 10 heavy (non-hydrogen) atoms. The second kappa shape index (κ2) is 2.27. The number of rotatable bonds is 1. The van der Waals surface area contributed by atoms with E-state index in [1.807, 2.05) is 4.98 Å². The Morgan fingerprint density at radius 2 is 2.20 bits per heavy atom. The maximum Gasteiger partial charge on any atom is 0.362 e. The summed E-state index contributed by atoms with van der Waals surface area (Å²) in [7, 11) is 0. The molecule has 1 rings (SSSR count). The lowest BCUT2D eigenvalue weighted by molar-refractivity contribution is 0.150. The Labute approximate surface area is 58.9 Å². The van der Waals surface area contributed by atoms with Gasteiger partial charge in [-0.1, -0.05) is 0 Å². The molecule has 0 aliphatic rings. The number of aromatic hydroxyl groups is 1. The van der Waals surface area contributed by atoms with Crippen LogP contribution in [0.2, 0.25) is 0 Å². The highest BCUT2D eigenvalue weighted by Gasteiger charge is 2.11. The van der Waals surface area contributed by atoms with Crippen LogP contribution in [0, 0.1) is 0 Å². The SMILES string of the molecule is O=c1[nH]c(O)c(SO)n1O. The average Bonchev–Trinajstić information content (AvgIpc) is 2.09. The van der Waals surface area contributed by atoms with Crippen molar-refractivity contribution in [2.75, 3.05) is 0 Å². The Bertz CT molecular complexity index is 289. The van der Waals surface area contributed by atoms with Crippen molar-refractivity contribution in [3.8, 4) is 5.88 Å². The van der Waals surface area contributed by atoms with Crippen molar-refractivity contribution in [1.82, 2.24) is 9.71 Å². The normalized spacial score (nSPS) is 10.1. The van der Waals surface area contributed by atoms with Gasteiger partial charge in [0.25, 0.3) is 0 Å². The van der Waals surface area contributed by atoms with Gasteiger partial charge in [0.05, 0.1) is 12.0 Å². The molecule has 0 bridgehead atoms. The van der Waals surface area contributed by atoms with Crippen LogP contribution in [0.4, 0.5) is 0 Å². The fraction of sp³-hybridized carbons (Fsp3) is 0. The number of aromatic amines is 1. The van der Waals surface area contributed by atoms with E-state index in [-0.39, 0.29) is 21.8 Å². The van der Waals surface area contributed by atoms with E-state index in [4.69, 9.17) is 14.9 Å². The Morgan fingerprint density at radius 1 is 1.60 bits per heavy atom. The van der Waals surface area contributed by atoms with Crippen LogP contribution in [-0.4, -0.2) is 24.6 Å². The van der Waals surface area contributed by atoms with E-state index < -0.39 is 11.6 Å². The maximum absolute atomic E-state index is 10.4. The number of hydrogen-bond acceptors (Lipinski definition) is 5. The van der Waals surface area contributed by atoms with Gasteiger partial charge in [-0.15, -0.1) is 4.73 Å². The molecule has 0 spiro atoms. The quantitative estimate of drug-likeness (QED) is 0.337. The summed E-state index contributed by atoms with van der Waals surface area (Å²) in [5.41, 5.74) is -0.894. The number of imidazole rings is 1. The lowest BCUT2D eigenvalue weighted by atomic mass is 10.9. The topological polar surface area (TPSA) is 98.5 Å². The summed E-state index contributed by atoms with van der Waals surface area (Å²) in [6, 6.07) is 0. The highest BCUT2D eigenvalue weighted by atomic mass is 32.2. The molecule has 56 valence electrons. The van der Waals surface area contributed by atoms with Gasteiger partial charge < -0.3 is 14.9 Å². The Balaban J connectivity index is 3.34. The minimum atomic E-state index is -0.894. The summed E-state index contributed by atoms with van der Waals surface area (Å²) in [4.78, 5) is 12.3. The molecule has 0 atom stereocenters. The maximum atomic E-state index is 10.4. The molecule has 0 aromatic carbocycles. The van der Waals surface area contributed by atoms with Gasteiger partial charge in [0.1, 0.15) is 0 Å². The van der Waals surface area contributed by atoms with Crippen LogP contribution in [0.15, 0.2) is 9.82 Å². The van der Waals surface area contributed by atoms with Crippen molar-refractivity contribution in [3.05, 3.63) is 10.5 Å². The summed E-state index contributed by atoms with van der Waals surface area (Å²) >= 11 is 0.0746. The van der Waals surface area contributed by atoms with E-state index in [2.05, 4.69) is 0 Å². The standard InChI is InChI=1S/C3H4N2O4S/c6-1-2(10-9)5(8)3(7)4-1/h6,8-9H,(H,4,7). The third-order valence-corrected chi connectivity index (χ3v) is 1.44. The molecule has 4 N–H and O–H groups in total. The first-order chi connectivity index (χ1) is 4.66. The van der Waals surface area contributed by atoms with Gasteiger partial charge >= 0.3 is 5.69 Å². The fourth-order valence-corrected chi connectivity index (χ4v) is 0.780. The molecule has 0 saturated heterocycles. The van der Waals surface area contributed by atoms with Crippen LogP contribution in [-0.2, 0) is 0 Å². The molecule has 0 aliphatic heterocycles. The summed E-state index contributed by atoms with van der Waals surface area (Å²) < 4.78 is 8.44.